The van der Waals surface area contributed by atoms with Gasteiger partial charge in [-0.1, -0.05) is 23.8 Å². The van der Waals surface area contributed by atoms with Crippen LogP contribution >= 0.6 is 0 Å². The molecule has 0 saturated heterocycles. The normalized spacial score (nSPS) is 10.9. The fourth-order valence-corrected chi connectivity index (χ4v) is 2.73. The van der Waals surface area contributed by atoms with Gasteiger partial charge in [0.15, 0.2) is 0 Å². The number of rotatable bonds is 5. The first-order chi connectivity index (χ1) is 13.1. The standard InChI is InChI=1S/C22H28N2O4/c1-15-10-11-19(27-6)17(12-15)14-24(5)20(25)16-8-7-9-18(13-16)23-21(26)28-22(2,3)4/h7-13H,14H2,1-6H3,(H,23,26). The van der Waals surface area contributed by atoms with Crippen LogP contribution < -0.4 is 10.1 Å². The van der Waals surface area contributed by atoms with Crippen LogP contribution in [0, 0.1) is 6.92 Å². The van der Waals surface area contributed by atoms with Crippen LogP contribution in [0.5, 0.6) is 5.75 Å². The number of anilines is 1. The summed E-state index contributed by atoms with van der Waals surface area (Å²) in [6.07, 6.45) is -0.560. The van der Waals surface area contributed by atoms with Crippen LogP contribution in [-0.2, 0) is 11.3 Å². The summed E-state index contributed by atoms with van der Waals surface area (Å²) in [6.45, 7) is 7.78. The lowest BCUT2D eigenvalue weighted by atomic mass is 10.1. The van der Waals surface area contributed by atoms with E-state index in [4.69, 9.17) is 9.47 Å². The third-order valence-corrected chi connectivity index (χ3v) is 3.94. The van der Waals surface area contributed by atoms with Crippen molar-refractivity contribution in [3.05, 3.63) is 59.2 Å². The maximum Gasteiger partial charge on any atom is 0.412 e. The summed E-state index contributed by atoms with van der Waals surface area (Å²) in [7, 11) is 3.35. The first-order valence-corrected chi connectivity index (χ1v) is 9.08. The van der Waals surface area contributed by atoms with E-state index in [0.29, 0.717) is 17.8 Å². The Hall–Kier alpha value is -3.02. The quantitative estimate of drug-likeness (QED) is 0.817. The first kappa shape index (κ1) is 21.3. The molecule has 28 heavy (non-hydrogen) atoms. The molecule has 0 spiro atoms. The molecule has 0 aliphatic heterocycles. The van der Waals surface area contributed by atoms with Gasteiger partial charge in [-0.25, -0.2) is 4.79 Å². The molecule has 0 unspecified atom stereocenters. The Kier molecular flexibility index (Phi) is 6.67. The maximum absolute atomic E-state index is 12.8. The molecule has 2 rings (SSSR count). The highest BCUT2D eigenvalue weighted by molar-refractivity contribution is 5.96. The monoisotopic (exact) mass is 384 g/mol. The van der Waals surface area contributed by atoms with E-state index in [1.54, 1.807) is 64.1 Å². The van der Waals surface area contributed by atoms with Crippen LogP contribution in [0.25, 0.3) is 0 Å². The van der Waals surface area contributed by atoms with Crippen molar-refractivity contribution in [2.24, 2.45) is 0 Å². The Balaban J connectivity index is 2.12. The highest BCUT2D eigenvalue weighted by Gasteiger charge is 2.18. The van der Waals surface area contributed by atoms with E-state index in [-0.39, 0.29) is 5.91 Å². The number of hydrogen-bond donors (Lipinski definition) is 1. The molecule has 0 aliphatic rings. The summed E-state index contributed by atoms with van der Waals surface area (Å²) >= 11 is 0. The number of ether oxygens (including phenoxy) is 2. The molecule has 0 saturated carbocycles. The van der Waals surface area contributed by atoms with Crippen molar-refractivity contribution in [3.63, 3.8) is 0 Å². The number of carbonyl (C=O) groups is 2. The number of nitrogens with zero attached hydrogens (tertiary/aromatic N) is 1. The van der Waals surface area contributed by atoms with Gasteiger partial charge in [-0.2, -0.15) is 0 Å². The summed E-state index contributed by atoms with van der Waals surface area (Å²) < 4.78 is 10.6. The number of methoxy groups -OCH3 is 1. The van der Waals surface area contributed by atoms with Crippen molar-refractivity contribution < 1.29 is 19.1 Å². The molecule has 1 N–H and O–H groups in total. The van der Waals surface area contributed by atoms with Gasteiger partial charge in [0.2, 0.25) is 0 Å². The number of benzene rings is 2. The second-order valence-electron chi connectivity index (χ2n) is 7.68. The fraction of sp³-hybridized carbons (Fsp3) is 0.364. The van der Waals surface area contributed by atoms with Crippen molar-refractivity contribution >= 4 is 17.7 Å². The van der Waals surface area contributed by atoms with Crippen molar-refractivity contribution in [1.82, 2.24) is 4.90 Å². The van der Waals surface area contributed by atoms with Crippen LogP contribution in [0.1, 0.15) is 42.3 Å². The van der Waals surface area contributed by atoms with Gasteiger partial charge in [-0.05, 0) is 52.0 Å². The highest BCUT2D eigenvalue weighted by Crippen LogP contribution is 2.22. The number of aryl methyl sites for hydroxylation is 1. The van der Waals surface area contributed by atoms with Gasteiger partial charge < -0.3 is 14.4 Å². The zero-order chi connectivity index (χ0) is 20.9. The SMILES string of the molecule is COc1ccc(C)cc1CN(C)C(=O)c1cccc(NC(=O)OC(C)(C)C)c1. The molecule has 0 bridgehead atoms. The summed E-state index contributed by atoms with van der Waals surface area (Å²) in [4.78, 5) is 26.4. The zero-order valence-electron chi connectivity index (χ0n) is 17.3. The molecule has 2 amide bonds. The van der Waals surface area contributed by atoms with Gasteiger partial charge in [0.1, 0.15) is 11.4 Å². The Morgan fingerprint density at radius 3 is 2.46 bits per heavy atom. The van der Waals surface area contributed by atoms with Crippen LogP contribution in [0.4, 0.5) is 10.5 Å². The minimum atomic E-state index is -0.593. The van der Waals surface area contributed by atoms with Gasteiger partial charge in [0.05, 0.1) is 7.11 Å². The Bertz CT molecular complexity index is 856. The van der Waals surface area contributed by atoms with Crippen molar-refractivity contribution in [2.45, 2.75) is 39.8 Å². The topological polar surface area (TPSA) is 67.9 Å². The molecule has 2 aromatic rings. The molecular formula is C22H28N2O4. The third-order valence-electron chi connectivity index (χ3n) is 3.94. The third kappa shape index (κ3) is 6.01. The maximum atomic E-state index is 12.8. The molecule has 0 atom stereocenters. The van der Waals surface area contributed by atoms with E-state index >= 15 is 0 Å². The van der Waals surface area contributed by atoms with E-state index in [9.17, 15) is 9.59 Å². The van der Waals surface area contributed by atoms with E-state index in [1.807, 2.05) is 25.1 Å². The second kappa shape index (κ2) is 8.78. The van der Waals surface area contributed by atoms with Crippen LogP contribution in [0.2, 0.25) is 0 Å². The minimum Gasteiger partial charge on any atom is -0.496 e. The number of carbonyl (C=O) groups excluding carboxylic acids is 2. The zero-order valence-corrected chi connectivity index (χ0v) is 17.3. The smallest absolute Gasteiger partial charge is 0.412 e. The molecule has 0 heterocycles. The van der Waals surface area contributed by atoms with Gasteiger partial charge in [-0.15, -0.1) is 0 Å². The fourth-order valence-electron chi connectivity index (χ4n) is 2.73. The van der Waals surface area contributed by atoms with E-state index in [0.717, 1.165) is 16.9 Å². The number of hydrogen-bond acceptors (Lipinski definition) is 4. The molecule has 150 valence electrons. The lowest BCUT2D eigenvalue weighted by Crippen LogP contribution is -2.28. The first-order valence-electron chi connectivity index (χ1n) is 9.08. The lowest BCUT2D eigenvalue weighted by molar-refractivity contribution is 0.0635. The molecule has 0 fully saturated rings. The summed E-state index contributed by atoms with van der Waals surface area (Å²) in [6, 6.07) is 12.7. The average molecular weight is 384 g/mol. The number of nitrogens with one attached hydrogen (secondary N) is 1. The second-order valence-corrected chi connectivity index (χ2v) is 7.68. The molecule has 0 aromatic heterocycles. The van der Waals surface area contributed by atoms with Gasteiger partial charge in [0, 0.05) is 30.4 Å². The minimum absolute atomic E-state index is 0.156. The molecule has 6 heteroatoms. The van der Waals surface area contributed by atoms with Crippen LogP contribution in [-0.4, -0.2) is 36.7 Å². The Labute approximate surface area is 166 Å². The summed E-state index contributed by atoms with van der Waals surface area (Å²) in [5.74, 6) is 0.585. The molecular weight excluding hydrogens is 356 g/mol. The molecule has 2 aromatic carbocycles. The van der Waals surface area contributed by atoms with Gasteiger partial charge in [-0.3, -0.25) is 10.1 Å². The average Bonchev–Trinajstić information content (AvgIpc) is 2.59. The molecule has 0 aliphatic carbocycles. The van der Waals surface area contributed by atoms with Crippen LogP contribution in [0.15, 0.2) is 42.5 Å². The predicted molar refractivity (Wildman–Crippen MR) is 110 cm³/mol. The Morgan fingerprint density at radius 2 is 1.82 bits per heavy atom. The van der Waals surface area contributed by atoms with Gasteiger partial charge in [0.25, 0.3) is 5.91 Å². The van der Waals surface area contributed by atoms with Crippen molar-refractivity contribution in [1.29, 1.82) is 0 Å². The highest BCUT2D eigenvalue weighted by atomic mass is 16.6. The van der Waals surface area contributed by atoms with Crippen molar-refractivity contribution in [3.8, 4) is 5.75 Å². The summed E-state index contributed by atoms with van der Waals surface area (Å²) in [5.41, 5.74) is 2.41. The lowest BCUT2D eigenvalue weighted by Gasteiger charge is -2.21. The largest absolute Gasteiger partial charge is 0.496 e. The van der Waals surface area contributed by atoms with E-state index in [2.05, 4.69) is 5.32 Å². The Morgan fingerprint density at radius 1 is 1.11 bits per heavy atom. The predicted octanol–water partition coefficient (Wildman–Crippen LogP) is 4.62. The molecule has 0 radical (unpaired) electrons. The number of amides is 2. The molecule has 6 nitrogen and oxygen atoms in total. The van der Waals surface area contributed by atoms with Crippen LogP contribution in [0.3, 0.4) is 0 Å². The van der Waals surface area contributed by atoms with Crippen molar-refractivity contribution in [2.75, 3.05) is 19.5 Å². The summed E-state index contributed by atoms with van der Waals surface area (Å²) in [5, 5.41) is 2.66. The van der Waals surface area contributed by atoms with Gasteiger partial charge >= 0.3 is 6.09 Å². The van der Waals surface area contributed by atoms with E-state index in [1.165, 1.54) is 0 Å². The van der Waals surface area contributed by atoms with E-state index < -0.39 is 11.7 Å².